The molecule has 0 saturated heterocycles. The summed E-state index contributed by atoms with van der Waals surface area (Å²) in [4.78, 5) is 54.5. The van der Waals surface area contributed by atoms with Gasteiger partial charge in [0, 0.05) is 30.6 Å². The highest BCUT2D eigenvalue weighted by atomic mass is 35.5. The fraction of sp³-hybridized carbons (Fsp3) is 0.320. The second-order valence-electron chi connectivity index (χ2n) is 8.91. The molecule has 0 aliphatic heterocycles. The van der Waals surface area contributed by atoms with E-state index in [2.05, 4.69) is 15.0 Å². The van der Waals surface area contributed by atoms with Crippen molar-refractivity contribution in [1.29, 1.82) is 0 Å². The fourth-order valence-electron chi connectivity index (χ4n) is 4.07. The number of amides is 1. The van der Waals surface area contributed by atoms with Crippen molar-refractivity contribution >= 4 is 45.9 Å². The molecule has 0 bridgehead atoms. The minimum atomic E-state index is -4.95. The van der Waals surface area contributed by atoms with Gasteiger partial charge in [-0.3, -0.25) is 28.1 Å². The number of aromatic nitrogens is 3. The molecule has 1 N–H and O–H groups in total. The fourth-order valence-corrected chi connectivity index (χ4v) is 5.20. The summed E-state index contributed by atoms with van der Waals surface area (Å²) < 4.78 is 56.3. The lowest BCUT2D eigenvalue weighted by Gasteiger charge is -2.13. The van der Waals surface area contributed by atoms with E-state index in [1.807, 2.05) is 0 Å². The van der Waals surface area contributed by atoms with Gasteiger partial charge in [-0.05, 0) is 32.2 Å². The molecule has 1 aromatic carbocycles. The minimum absolute atomic E-state index is 0.0168. The summed E-state index contributed by atoms with van der Waals surface area (Å²) in [5.41, 5.74) is -0.299. The molecular weight excluding hydrogens is 607 g/mol. The van der Waals surface area contributed by atoms with Crippen LogP contribution in [0.25, 0.3) is 22.4 Å². The van der Waals surface area contributed by atoms with Crippen LogP contribution in [0.3, 0.4) is 0 Å². The van der Waals surface area contributed by atoms with Crippen LogP contribution in [0.2, 0.25) is 5.02 Å². The second-order valence-corrected chi connectivity index (χ2v) is 10.1. The predicted molar refractivity (Wildman–Crippen MR) is 145 cm³/mol. The molecule has 3 heterocycles. The molecular formula is C25H23ClF3N5O7S. The van der Waals surface area contributed by atoms with Gasteiger partial charge in [0.05, 0.1) is 23.7 Å². The number of benzene rings is 1. The average molecular weight is 630 g/mol. The van der Waals surface area contributed by atoms with Crippen LogP contribution in [0.1, 0.15) is 11.3 Å². The van der Waals surface area contributed by atoms with E-state index in [0.29, 0.717) is 11.3 Å². The SMILES string of the molecule is CNCC(=O)OCn1c(-c2ccc(OC(F)(F)F)c(Cl)c2)cs/c1=N\C(=O)Cc1c(C)oc2c1c(=O)n(C)c(=O)n2C. The van der Waals surface area contributed by atoms with E-state index < -0.39 is 35.2 Å². The lowest BCUT2D eigenvalue weighted by Crippen LogP contribution is -2.36. The van der Waals surface area contributed by atoms with Crippen LogP contribution >= 0.6 is 22.9 Å². The number of halogens is 4. The van der Waals surface area contributed by atoms with Crippen LogP contribution in [0.15, 0.2) is 42.6 Å². The van der Waals surface area contributed by atoms with Crippen molar-refractivity contribution in [3.8, 4) is 17.0 Å². The van der Waals surface area contributed by atoms with Gasteiger partial charge in [-0.25, -0.2) is 4.79 Å². The molecule has 0 atom stereocenters. The van der Waals surface area contributed by atoms with Gasteiger partial charge in [0.15, 0.2) is 11.5 Å². The van der Waals surface area contributed by atoms with Crippen LogP contribution in [0.5, 0.6) is 5.75 Å². The molecule has 4 rings (SSSR count). The third-order valence-corrected chi connectivity index (χ3v) is 7.22. The van der Waals surface area contributed by atoms with E-state index in [1.165, 1.54) is 30.8 Å². The Hall–Kier alpha value is -4.15. The Labute approximate surface area is 243 Å². The second kappa shape index (κ2) is 12.0. The molecule has 0 aliphatic carbocycles. The summed E-state index contributed by atoms with van der Waals surface area (Å²) in [6.45, 7) is 1.05. The minimum Gasteiger partial charge on any atom is -0.444 e. The summed E-state index contributed by atoms with van der Waals surface area (Å²) in [5.74, 6) is -1.66. The van der Waals surface area contributed by atoms with E-state index >= 15 is 0 Å². The molecule has 0 spiro atoms. The van der Waals surface area contributed by atoms with Gasteiger partial charge in [0.1, 0.15) is 16.9 Å². The van der Waals surface area contributed by atoms with Crippen molar-refractivity contribution in [2.24, 2.45) is 19.1 Å². The van der Waals surface area contributed by atoms with Gasteiger partial charge >= 0.3 is 18.0 Å². The Kier molecular flexibility index (Phi) is 8.79. The van der Waals surface area contributed by atoms with E-state index in [4.69, 9.17) is 20.8 Å². The number of aryl methyl sites for hydroxylation is 2. The first-order valence-electron chi connectivity index (χ1n) is 12.0. The third-order valence-electron chi connectivity index (χ3n) is 6.06. The number of carbonyl (C=O) groups is 2. The van der Waals surface area contributed by atoms with E-state index in [1.54, 1.807) is 19.4 Å². The molecule has 4 aromatic rings. The van der Waals surface area contributed by atoms with E-state index in [-0.39, 0.29) is 51.9 Å². The topological polar surface area (TPSA) is 139 Å². The zero-order valence-corrected chi connectivity index (χ0v) is 24.1. The molecule has 224 valence electrons. The van der Waals surface area contributed by atoms with Gasteiger partial charge < -0.3 is 19.2 Å². The lowest BCUT2D eigenvalue weighted by molar-refractivity contribution is -0.274. The lowest BCUT2D eigenvalue weighted by atomic mass is 10.1. The highest BCUT2D eigenvalue weighted by Gasteiger charge is 2.32. The number of ether oxygens (including phenoxy) is 2. The number of nitrogens with one attached hydrogen (secondary N) is 1. The highest BCUT2D eigenvalue weighted by Crippen LogP contribution is 2.34. The van der Waals surface area contributed by atoms with E-state index in [9.17, 15) is 32.3 Å². The van der Waals surface area contributed by atoms with Gasteiger partial charge in [-0.2, -0.15) is 4.99 Å². The maximum absolute atomic E-state index is 13.1. The maximum atomic E-state index is 13.1. The van der Waals surface area contributed by atoms with Crippen molar-refractivity contribution < 1.29 is 36.7 Å². The molecule has 0 radical (unpaired) electrons. The third kappa shape index (κ3) is 6.34. The van der Waals surface area contributed by atoms with Crippen molar-refractivity contribution in [1.82, 2.24) is 19.0 Å². The van der Waals surface area contributed by atoms with Gasteiger partial charge in [0.2, 0.25) is 5.71 Å². The standard InChI is InChI=1S/C25H23ClF3N5O7S/c1-12-14(20-21(37)32(3)24(38)33(4)22(20)40-12)8-18(35)31-23-34(11-39-19(36)9-30-2)16(10-42-23)13-5-6-17(15(26)7-13)41-25(27,28)29/h5-7,10,30H,8-9,11H2,1-4H3/b31-23-. The zero-order valence-electron chi connectivity index (χ0n) is 22.5. The van der Waals surface area contributed by atoms with Gasteiger partial charge in [-0.1, -0.05) is 11.6 Å². The Morgan fingerprint density at radius 2 is 1.90 bits per heavy atom. The Morgan fingerprint density at radius 3 is 2.55 bits per heavy atom. The molecule has 0 saturated carbocycles. The van der Waals surface area contributed by atoms with Crippen LogP contribution in [-0.4, -0.2) is 45.5 Å². The molecule has 0 fully saturated rings. The Balaban J connectivity index is 1.75. The summed E-state index contributed by atoms with van der Waals surface area (Å²) in [7, 11) is 4.29. The summed E-state index contributed by atoms with van der Waals surface area (Å²) in [6, 6.07) is 3.57. The predicted octanol–water partition coefficient (Wildman–Crippen LogP) is 2.61. The first kappa shape index (κ1) is 30.8. The number of fused-ring (bicyclic) bond motifs is 1. The number of furan rings is 1. The maximum Gasteiger partial charge on any atom is 0.573 e. The van der Waals surface area contributed by atoms with Gasteiger partial charge in [-0.15, -0.1) is 24.5 Å². The van der Waals surface area contributed by atoms with E-state index in [0.717, 1.165) is 26.5 Å². The van der Waals surface area contributed by atoms with Crippen LogP contribution in [-0.2, 0) is 41.6 Å². The first-order valence-corrected chi connectivity index (χ1v) is 13.3. The summed E-state index contributed by atoms with van der Waals surface area (Å²) >= 11 is 7.02. The first-order chi connectivity index (χ1) is 19.7. The number of carbonyl (C=O) groups excluding carboxylic acids is 2. The molecule has 1 amide bonds. The average Bonchev–Trinajstić information content (AvgIpc) is 3.46. The molecule has 0 aliphatic rings. The van der Waals surface area contributed by atoms with Crippen molar-refractivity contribution in [2.75, 3.05) is 13.6 Å². The number of hydrogen-bond acceptors (Lipinski definition) is 9. The number of rotatable bonds is 8. The van der Waals surface area contributed by atoms with Crippen LogP contribution in [0.4, 0.5) is 13.2 Å². The van der Waals surface area contributed by atoms with Crippen molar-refractivity contribution in [2.45, 2.75) is 26.4 Å². The highest BCUT2D eigenvalue weighted by molar-refractivity contribution is 7.07. The number of hydrogen-bond donors (Lipinski definition) is 1. The van der Waals surface area contributed by atoms with Crippen molar-refractivity contribution in [3.05, 3.63) is 65.6 Å². The molecule has 0 unspecified atom stereocenters. The monoisotopic (exact) mass is 629 g/mol. The zero-order chi connectivity index (χ0) is 30.9. The summed E-state index contributed by atoms with van der Waals surface area (Å²) in [5, 5.41) is 3.93. The number of thiazole rings is 1. The quantitative estimate of drug-likeness (QED) is 0.294. The van der Waals surface area contributed by atoms with Crippen molar-refractivity contribution in [3.63, 3.8) is 0 Å². The molecule has 17 heteroatoms. The number of nitrogens with zero attached hydrogens (tertiary/aromatic N) is 4. The molecule has 12 nitrogen and oxygen atoms in total. The molecule has 42 heavy (non-hydrogen) atoms. The Morgan fingerprint density at radius 1 is 1.19 bits per heavy atom. The summed E-state index contributed by atoms with van der Waals surface area (Å²) in [6.07, 6.45) is -5.30. The van der Waals surface area contributed by atoms with Crippen LogP contribution in [0, 0.1) is 6.92 Å². The normalized spacial score (nSPS) is 12.2. The Bertz CT molecular complexity index is 1880. The van der Waals surface area contributed by atoms with Gasteiger partial charge in [0.25, 0.3) is 11.5 Å². The largest absolute Gasteiger partial charge is 0.573 e. The molecule has 3 aromatic heterocycles. The smallest absolute Gasteiger partial charge is 0.444 e. The van der Waals surface area contributed by atoms with Crippen LogP contribution < -0.4 is 26.1 Å². The number of alkyl halides is 3. The number of likely N-dealkylation sites (N-methyl/N-ethyl adjacent to an activating group) is 1. The number of esters is 1.